The highest BCUT2D eigenvalue weighted by Crippen LogP contribution is 2.49. The topological polar surface area (TPSA) is 225 Å². The molecule has 8 rings (SSSR count). The van der Waals surface area contributed by atoms with Crippen LogP contribution in [-0.2, 0) is 19.1 Å². The summed E-state index contributed by atoms with van der Waals surface area (Å²) < 4.78 is 164. The zero-order valence-corrected chi connectivity index (χ0v) is 47.9. The van der Waals surface area contributed by atoms with Gasteiger partial charge in [-0.25, -0.2) is 31.1 Å². The number of benzene rings is 3. The third-order valence-corrected chi connectivity index (χ3v) is 14.2. The Morgan fingerprint density at radius 1 is 0.631 bits per heavy atom. The van der Waals surface area contributed by atoms with Crippen LogP contribution in [-0.4, -0.2) is 89.5 Å². The number of ketones is 2. The molecule has 5 saturated carbocycles. The highest BCUT2D eigenvalue weighted by molar-refractivity contribution is 6.00. The molecule has 468 valence electrons. The zero-order chi connectivity index (χ0) is 61.3. The van der Waals surface area contributed by atoms with E-state index in [1.165, 1.54) is 43.5 Å². The van der Waals surface area contributed by atoms with Crippen LogP contribution in [0.25, 0.3) is 0 Å². The molecular weight excluding hydrogens is 1180 g/mol. The Labute approximate surface area is 493 Å². The number of nitrogens with zero attached hydrogens (tertiary/aromatic N) is 2. The second-order valence-corrected chi connectivity index (χ2v) is 22.3. The van der Waals surface area contributed by atoms with Crippen molar-refractivity contribution in [3.63, 3.8) is 0 Å². The summed E-state index contributed by atoms with van der Waals surface area (Å²) in [7, 11) is 1.18. The van der Waals surface area contributed by atoms with Crippen molar-refractivity contribution >= 4 is 23.5 Å². The highest BCUT2D eigenvalue weighted by Gasteiger charge is 2.51. The lowest BCUT2D eigenvalue weighted by molar-refractivity contribution is -0.417. The Bertz CT molecular complexity index is 2610. The summed E-state index contributed by atoms with van der Waals surface area (Å²) in [6, 6.07) is 20.4. The Kier molecular flexibility index (Phi) is 28.7. The number of aliphatic carboxylic acids is 1. The number of quaternary nitrogens is 2. The molecule has 0 radical (unpaired) electrons. The van der Waals surface area contributed by atoms with Crippen LogP contribution in [0.4, 0.5) is 52.7 Å². The number of nitriles is 2. The number of halogens is 14. The molecule has 9 N–H and O–H groups in total. The maximum atomic E-state index is 14.5. The molecule has 3 aromatic rings. The average Bonchev–Trinajstić information content (AvgIpc) is 4.22. The van der Waals surface area contributed by atoms with Crippen molar-refractivity contribution in [1.82, 2.24) is 10.6 Å². The lowest BCUT2D eigenvalue weighted by Gasteiger charge is -2.30. The van der Waals surface area contributed by atoms with E-state index in [1.54, 1.807) is 19.1 Å². The van der Waals surface area contributed by atoms with Crippen LogP contribution >= 0.6 is 0 Å². The molecule has 12 nitrogen and oxygen atoms in total. The Hall–Kier alpha value is -5.50. The first-order valence-electron chi connectivity index (χ1n) is 27.0. The standard InChI is InChI=1S/C21H23F5N2O.C16H21F2NO2.C9H15F2NO2.C8H5F3O.C4H6N2.2ClH/c22-20(23,10-14-6-7-14)11-16(17(29)12-19(13-27)8-9-19)28-18(21(24,25)26)15-4-2-1-3-5-15;1-11(13-5-3-2-4-6-13)19-14(15(20)21)10-16(17,18)9-12-7-8-12;1-14-8(13)7(12)5-9(10,11)4-6-2-3-6;9-8(10,11)7(12)6-4-2-1-3-5-6;5-3-4(6)1-2-4;;/h1-5,14,16,18,28H,6-12H2;2-6,11-12,14,19H,7-10H2,1H3,(H,20,21);6-7H,2-5,12H2,1H3;1-5H;1-2,6H2;2*1H/t16-,18-;11?,14-;7-;;;;/m000..../s1. The molecule has 0 saturated heterocycles. The van der Waals surface area contributed by atoms with Gasteiger partial charge in [-0.05, 0) is 87.2 Å². The third kappa shape index (κ3) is 28.1. The van der Waals surface area contributed by atoms with Crippen LogP contribution in [0, 0.1) is 45.8 Å². The Morgan fingerprint density at radius 3 is 1.37 bits per heavy atom. The number of hydrogen-bond acceptors (Lipinski definition) is 9. The predicted octanol–water partition coefficient (Wildman–Crippen LogP) is 5.27. The fourth-order valence-corrected chi connectivity index (χ4v) is 8.49. The van der Waals surface area contributed by atoms with Crippen LogP contribution in [0.2, 0.25) is 0 Å². The van der Waals surface area contributed by atoms with E-state index in [0.717, 1.165) is 56.2 Å². The Balaban J connectivity index is 0.000000384. The minimum absolute atomic E-state index is 0. The van der Waals surface area contributed by atoms with Crippen molar-refractivity contribution < 1.29 is 118 Å². The monoisotopic (exact) mass is 1250 g/mol. The van der Waals surface area contributed by atoms with Gasteiger partial charge in [0.15, 0.2) is 17.4 Å². The van der Waals surface area contributed by atoms with E-state index in [-0.39, 0.29) is 84.5 Å². The van der Waals surface area contributed by atoms with Crippen LogP contribution in [0.15, 0.2) is 91.0 Å². The molecule has 0 aromatic heterocycles. The van der Waals surface area contributed by atoms with Gasteiger partial charge >= 0.3 is 24.3 Å². The number of rotatable bonds is 24. The smallest absolute Gasteiger partial charge is 0.454 e. The van der Waals surface area contributed by atoms with Crippen LogP contribution in [0.5, 0.6) is 0 Å². The first-order valence-corrected chi connectivity index (χ1v) is 27.0. The van der Waals surface area contributed by atoms with E-state index in [1.807, 2.05) is 36.4 Å². The van der Waals surface area contributed by atoms with Gasteiger partial charge in [-0.3, -0.25) is 25.0 Å². The largest absolute Gasteiger partial charge is 1.00 e. The van der Waals surface area contributed by atoms with E-state index in [0.29, 0.717) is 25.7 Å². The number of esters is 1. The van der Waals surface area contributed by atoms with Gasteiger partial charge in [-0.2, -0.15) is 36.9 Å². The molecular formula is C58H72Cl2F12N6O6. The van der Waals surface area contributed by atoms with E-state index >= 15 is 0 Å². The number of carboxylic acid groups (broad SMARTS) is 1. The van der Waals surface area contributed by atoms with E-state index in [9.17, 15) is 82.2 Å². The molecule has 1 unspecified atom stereocenters. The number of alkyl halides is 12. The van der Waals surface area contributed by atoms with Gasteiger partial charge in [-0.1, -0.05) is 91.0 Å². The van der Waals surface area contributed by atoms with Crippen LogP contribution in [0.1, 0.15) is 150 Å². The molecule has 3 aromatic carbocycles. The first kappa shape index (κ1) is 74.6. The van der Waals surface area contributed by atoms with E-state index in [4.69, 9.17) is 5.26 Å². The molecule has 5 aliphatic carbocycles. The van der Waals surface area contributed by atoms with Crippen molar-refractivity contribution in [1.29, 1.82) is 10.5 Å². The molecule has 0 aliphatic heterocycles. The summed E-state index contributed by atoms with van der Waals surface area (Å²) in [6.07, 6.45) is -5.03. The summed E-state index contributed by atoms with van der Waals surface area (Å²) in [5, 5.41) is 31.5. The lowest BCUT2D eigenvalue weighted by Crippen LogP contribution is -3.00. The molecule has 5 atom stereocenters. The van der Waals surface area contributed by atoms with Gasteiger partial charge in [0.25, 0.3) is 17.6 Å². The van der Waals surface area contributed by atoms with Crippen LogP contribution in [0.3, 0.4) is 0 Å². The van der Waals surface area contributed by atoms with E-state index < -0.39 is 109 Å². The van der Waals surface area contributed by atoms with Crippen molar-refractivity contribution in [3.05, 3.63) is 108 Å². The number of carbonyl (C=O) groups excluding carboxylic acids is 3. The number of nitrogens with one attached hydrogen (secondary N) is 2. The summed E-state index contributed by atoms with van der Waals surface area (Å²) >= 11 is 0. The fourth-order valence-electron chi connectivity index (χ4n) is 8.49. The quantitative estimate of drug-likeness (QED) is 0.0444. The second-order valence-electron chi connectivity index (χ2n) is 22.3. The average molecular weight is 1250 g/mol. The minimum atomic E-state index is -4.78. The van der Waals surface area contributed by atoms with E-state index in [2.05, 4.69) is 32.9 Å². The zero-order valence-electron chi connectivity index (χ0n) is 46.4. The summed E-state index contributed by atoms with van der Waals surface area (Å²) in [5.41, 5.74) is 6.35. The SMILES string of the molecule is CC(N[C@@H](CC(F)(F)CC1CC1)C(=O)O)c1ccccc1.COC(=O)[C@@H]([NH3+])CC(F)(F)CC1CC1.N#CC1(CC(=O)[C@H](CC(F)(F)CC2CC2)N[C@@H](c2ccccc2)C(F)(F)F)CC1.N#CC1([NH3+])CC1.O=C(c1ccccc1)C(F)(F)F.[Cl-].[Cl-]. The number of methoxy groups -OCH3 is 1. The van der Waals surface area contributed by atoms with Crippen molar-refractivity contribution in [3.8, 4) is 12.1 Å². The molecule has 0 heterocycles. The van der Waals surface area contributed by atoms with Crippen molar-refractivity contribution in [2.75, 3.05) is 7.11 Å². The molecule has 5 fully saturated rings. The number of carboxylic acids is 1. The van der Waals surface area contributed by atoms with Gasteiger partial charge in [0.1, 0.15) is 18.2 Å². The van der Waals surface area contributed by atoms with Crippen molar-refractivity contribution in [2.24, 2.45) is 23.2 Å². The summed E-state index contributed by atoms with van der Waals surface area (Å²) in [6.45, 7) is 1.78. The van der Waals surface area contributed by atoms with Gasteiger partial charge in [0, 0.05) is 63.0 Å². The first-order chi connectivity index (χ1) is 38.1. The molecule has 84 heavy (non-hydrogen) atoms. The van der Waals surface area contributed by atoms with Gasteiger partial charge in [-0.15, -0.1) is 0 Å². The van der Waals surface area contributed by atoms with Crippen LogP contribution < -0.4 is 46.9 Å². The molecule has 0 amide bonds. The lowest BCUT2D eigenvalue weighted by atomic mass is 9.91. The molecule has 26 heteroatoms. The van der Waals surface area contributed by atoms with Gasteiger partial charge in [0.05, 0.1) is 31.1 Å². The summed E-state index contributed by atoms with van der Waals surface area (Å²) in [5.74, 6) is -13.3. The number of Topliss-reactive ketones (excluding diaryl/α,β-unsaturated/α-hetero) is 2. The molecule has 0 bridgehead atoms. The maximum absolute atomic E-state index is 14.5. The number of carbonyl (C=O) groups is 4. The highest BCUT2D eigenvalue weighted by atomic mass is 35.5. The maximum Gasteiger partial charge on any atom is 0.454 e. The number of hydrogen-bond donors (Lipinski definition) is 5. The second kappa shape index (κ2) is 32.3. The van der Waals surface area contributed by atoms with Gasteiger partial charge in [0.2, 0.25) is 5.92 Å². The van der Waals surface area contributed by atoms with Crippen molar-refractivity contribution in [2.45, 2.75) is 182 Å². The Morgan fingerprint density at radius 2 is 1.04 bits per heavy atom. The third-order valence-electron chi connectivity index (χ3n) is 14.2. The fraction of sp³-hybridized carbons (Fsp3) is 0.586. The normalized spacial score (nSPS) is 18.3. The molecule has 5 aliphatic rings. The van der Waals surface area contributed by atoms with Gasteiger partial charge < -0.3 is 46.1 Å². The predicted molar refractivity (Wildman–Crippen MR) is 275 cm³/mol. The molecule has 0 spiro atoms. The minimum Gasteiger partial charge on any atom is -1.00 e. The number of ether oxygens (including phenoxy) is 1. The summed E-state index contributed by atoms with van der Waals surface area (Å²) in [4.78, 5) is 45.4.